The molecule has 0 fully saturated rings. The van der Waals surface area contributed by atoms with Gasteiger partial charge in [-0.25, -0.2) is 4.98 Å². The number of aromatic amines is 1. The minimum atomic E-state index is -0.210. The zero-order chi connectivity index (χ0) is 12.4. The van der Waals surface area contributed by atoms with E-state index in [4.69, 9.17) is 4.42 Å². The van der Waals surface area contributed by atoms with E-state index in [2.05, 4.69) is 9.97 Å². The van der Waals surface area contributed by atoms with Crippen LogP contribution >= 0.6 is 11.8 Å². The van der Waals surface area contributed by atoms with Gasteiger partial charge in [0.1, 0.15) is 0 Å². The van der Waals surface area contributed by atoms with Gasteiger partial charge in [0.05, 0.1) is 0 Å². The van der Waals surface area contributed by atoms with Crippen molar-refractivity contribution in [2.75, 3.05) is 0 Å². The summed E-state index contributed by atoms with van der Waals surface area (Å²) in [6, 6.07) is 4.68. The SMILES string of the molecule is CC(=O)c1ccc(Sc2nc(C)cc(=O)[nH]2)o1. The molecule has 0 amide bonds. The number of nitrogens with zero attached hydrogens (tertiary/aromatic N) is 1. The number of nitrogens with one attached hydrogen (secondary N) is 1. The molecule has 0 radical (unpaired) electrons. The molecule has 88 valence electrons. The minimum Gasteiger partial charge on any atom is -0.446 e. The maximum absolute atomic E-state index is 11.2. The number of hydrogen-bond donors (Lipinski definition) is 1. The monoisotopic (exact) mass is 250 g/mol. The zero-order valence-electron chi connectivity index (χ0n) is 9.31. The number of carbonyl (C=O) groups excluding carboxylic acids is 1. The molecule has 0 aliphatic heterocycles. The van der Waals surface area contributed by atoms with Crippen LogP contribution in [-0.4, -0.2) is 15.8 Å². The van der Waals surface area contributed by atoms with Crippen molar-refractivity contribution in [3.05, 3.63) is 40.0 Å². The fourth-order valence-corrected chi connectivity index (χ4v) is 2.06. The van der Waals surface area contributed by atoms with E-state index in [-0.39, 0.29) is 11.3 Å². The van der Waals surface area contributed by atoms with Crippen molar-refractivity contribution in [1.29, 1.82) is 0 Å². The summed E-state index contributed by atoms with van der Waals surface area (Å²) >= 11 is 1.17. The summed E-state index contributed by atoms with van der Waals surface area (Å²) in [6.45, 7) is 3.17. The minimum absolute atomic E-state index is 0.137. The van der Waals surface area contributed by atoms with Crippen LogP contribution in [0.3, 0.4) is 0 Å². The Morgan fingerprint density at radius 1 is 1.47 bits per heavy atom. The van der Waals surface area contributed by atoms with Crippen LogP contribution in [0.4, 0.5) is 0 Å². The Hall–Kier alpha value is -1.82. The molecule has 0 aliphatic rings. The second-order valence-corrected chi connectivity index (χ2v) is 4.46. The van der Waals surface area contributed by atoms with Gasteiger partial charge in [-0.2, -0.15) is 0 Å². The zero-order valence-corrected chi connectivity index (χ0v) is 10.1. The molecule has 17 heavy (non-hydrogen) atoms. The summed E-state index contributed by atoms with van der Waals surface area (Å²) in [5.41, 5.74) is 0.424. The van der Waals surface area contributed by atoms with E-state index < -0.39 is 0 Å². The molecule has 2 heterocycles. The molecule has 5 nitrogen and oxygen atoms in total. The topological polar surface area (TPSA) is 76.0 Å². The molecule has 0 aromatic carbocycles. The Morgan fingerprint density at radius 2 is 2.24 bits per heavy atom. The van der Waals surface area contributed by atoms with Crippen molar-refractivity contribution in [3.63, 3.8) is 0 Å². The van der Waals surface area contributed by atoms with E-state index >= 15 is 0 Å². The Balaban J connectivity index is 2.25. The number of aromatic nitrogens is 2. The summed E-state index contributed by atoms with van der Waals surface area (Å²) in [4.78, 5) is 29.0. The van der Waals surface area contributed by atoms with Crippen LogP contribution in [0.5, 0.6) is 0 Å². The molecule has 0 bridgehead atoms. The predicted octanol–water partition coefficient (Wildman–Crippen LogP) is 2.03. The summed E-state index contributed by atoms with van der Waals surface area (Å²) in [6.07, 6.45) is 0. The number of carbonyl (C=O) groups is 1. The fraction of sp³-hybridized carbons (Fsp3) is 0.182. The van der Waals surface area contributed by atoms with Gasteiger partial charge in [0.15, 0.2) is 21.8 Å². The van der Waals surface area contributed by atoms with Crippen LogP contribution in [0, 0.1) is 6.92 Å². The van der Waals surface area contributed by atoms with Gasteiger partial charge in [0.2, 0.25) is 0 Å². The number of ketones is 1. The average Bonchev–Trinajstić information content (AvgIpc) is 2.64. The molecule has 0 spiro atoms. The highest BCUT2D eigenvalue weighted by Gasteiger charge is 2.09. The van der Waals surface area contributed by atoms with Crippen molar-refractivity contribution < 1.29 is 9.21 Å². The molecular weight excluding hydrogens is 240 g/mol. The molecule has 0 saturated carbocycles. The van der Waals surface area contributed by atoms with Crippen molar-refractivity contribution in [2.24, 2.45) is 0 Å². The first-order chi connectivity index (χ1) is 8.04. The van der Waals surface area contributed by atoms with E-state index in [1.807, 2.05) is 0 Å². The first kappa shape index (κ1) is 11.7. The number of furan rings is 1. The number of hydrogen-bond acceptors (Lipinski definition) is 5. The normalized spacial score (nSPS) is 10.5. The van der Waals surface area contributed by atoms with Crippen molar-refractivity contribution in [3.8, 4) is 0 Å². The second kappa shape index (κ2) is 4.58. The third-order valence-corrected chi connectivity index (χ3v) is 2.78. The van der Waals surface area contributed by atoms with E-state index in [1.165, 1.54) is 24.8 Å². The Morgan fingerprint density at radius 3 is 2.82 bits per heavy atom. The number of Topliss-reactive ketones (excluding diaryl/α,β-unsaturated/α-hetero) is 1. The first-order valence-corrected chi connectivity index (χ1v) is 5.73. The standard InChI is InChI=1S/C11H10N2O3S/c1-6-5-9(15)13-11(12-6)17-10-4-3-8(16-10)7(2)14/h3-5H,1-2H3,(H,12,13,15). The Bertz CT molecular complexity index is 615. The van der Waals surface area contributed by atoms with Crippen molar-refractivity contribution in [2.45, 2.75) is 24.1 Å². The molecule has 2 rings (SSSR count). The van der Waals surface area contributed by atoms with Crippen LogP contribution in [0.15, 0.2) is 37.7 Å². The molecule has 0 unspecified atom stereocenters. The highest BCUT2D eigenvalue weighted by molar-refractivity contribution is 7.99. The van der Waals surface area contributed by atoms with Gasteiger partial charge in [0.25, 0.3) is 5.56 Å². The third-order valence-electron chi connectivity index (χ3n) is 1.97. The summed E-state index contributed by atoms with van der Waals surface area (Å²) in [5, 5.41) is 0.961. The van der Waals surface area contributed by atoms with Gasteiger partial charge < -0.3 is 9.40 Å². The predicted molar refractivity (Wildman–Crippen MR) is 62.4 cm³/mol. The van der Waals surface area contributed by atoms with Crippen LogP contribution in [0.2, 0.25) is 0 Å². The second-order valence-electron chi connectivity index (χ2n) is 3.47. The number of H-pyrrole nitrogens is 1. The summed E-state index contributed by atoms with van der Waals surface area (Å²) in [5.74, 6) is 0.157. The lowest BCUT2D eigenvalue weighted by Gasteiger charge is -1.98. The van der Waals surface area contributed by atoms with Gasteiger partial charge >= 0.3 is 0 Å². The van der Waals surface area contributed by atoms with Crippen LogP contribution in [-0.2, 0) is 0 Å². The maximum atomic E-state index is 11.2. The molecule has 1 N–H and O–H groups in total. The lowest BCUT2D eigenvalue weighted by molar-refractivity contribution is 0.0982. The van der Waals surface area contributed by atoms with E-state index in [1.54, 1.807) is 19.1 Å². The fourth-order valence-electron chi connectivity index (χ4n) is 1.26. The summed E-state index contributed by atoms with van der Waals surface area (Å²) in [7, 11) is 0. The lowest BCUT2D eigenvalue weighted by atomic mass is 10.3. The van der Waals surface area contributed by atoms with E-state index in [0.29, 0.717) is 21.7 Å². The molecular formula is C11H10N2O3S. The van der Waals surface area contributed by atoms with Crippen LogP contribution in [0.25, 0.3) is 0 Å². The van der Waals surface area contributed by atoms with Crippen LogP contribution < -0.4 is 5.56 Å². The largest absolute Gasteiger partial charge is 0.446 e. The Labute approximate surface area is 101 Å². The molecule has 2 aromatic rings. The average molecular weight is 250 g/mol. The molecule has 0 aliphatic carbocycles. The van der Waals surface area contributed by atoms with Gasteiger partial charge in [-0.3, -0.25) is 9.59 Å². The highest BCUT2D eigenvalue weighted by Crippen LogP contribution is 2.26. The molecule has 2 aromatic heterocycles. The molecule has 6 heteroatoms. The summed E-state index contributed by atoms with van der Waals surface area (Å²) < 4.78 is 5.28. The van der Waals surface area contributed by atoms with Gasteiger partial charge in [-0.1, -0.05) is 0 Å². The molecule has 0 atom stereocenters. The number of aryl methyl sites for hydroxylation is 1. The van der Waals surface area contributed by atoms with Crippen molar-refractivity contribution >= 4 is 17.5 Å². The van der Waals surface area contributed by atoms with E-state index in [0.717, 1.165) is 0 Å². The number of rotatable bonds is 3. The van der Waals surface area contributed by atoms with Crippen molar-refractivity contribution in [1.82, 2.24) is 9.97 Å². The van der Waals surface area contributed by atoms with Gasteiger partial charge in [-0.05, 0) is 30.8 Å². The Kier molecular flexibility index (Phi) is 3.14. The third kappa shape index (κ3) is 2.85. The quantitative estimate of drug-likeness (QED) is 0.666. The first-order valence-electron chi connectivity index (χ1n) is 4.91. The maximum Gasteiger partial charge on any atom is 0.251 e. The lowest BCUT2D eigenvalue weighted by Crippen LogP contribution is -2.07. The van der Waals surface area contributed by atoms with Gasteiger partial charge in [0, 0.05) is 18.7 Å². The van der Waals surface area contributed by atoms with Crippen LogP contribution in [0.1, 0.15) is 23.2 Å². The molecule has 0 saturated heterocycles. The highest BCUT2D eigenvalue weighted by atomic mass is 32.2. The van der Waals surface area contributed by atoms with Gasteiger partial charge in [-0.15, -0.1) is 0 Å². The smallest absolute Gasteiger partial charge is 0.251 e. The van der Waals surface area contributed by atoms with E-state index in [9.17, 15) is 9.59 Å².